The van der Waals surface area contributed by atoms with Gasteiger partial charge in [0.05, 0.1) is 18.1 Å². The van der Waals surface area contributed by atoms with E-state index in [2.05, 4.69) is 26.6 Å². The minimum Gasteiger partial charge on any atom is -0.379 e. The maximum atomic E-state index is 12.6. The van der Waals surface area contributed by atoms with Crippen molar-refractivity contribution in [2.24, 2.45) is 0 Å². The van der Waals surface area contributed by atoms with Crippen molar-refractivity contribution >= 4 is 32.0 Å². The van der Waals surface area contributed by atoms with Crippen LogP contribution >= 0.6 is 15.9 Å². The fourth-order valence-corrected chi connectivity index (χ4v) is 4.64. The van der Waals surface area contributed by atoms with E-state index in [1.165, 1.54) is 4.31 Å². The molecule has 2 aromatic carbocycles. The Morgan fingerprint density at radius 1 is 1.00 bits per heavy atom. The zero-order valence-electron chi connectivity index (χ0n) is 15.2. The molecule has 0 saturated carbocycles. The number of nitrogens with one attached hydrogen (secondary N) is 2. The average molecular weight is 468 g/mol. The number of carbonyl (C=O) groups is 1. The van der Waals surface area contributed by atoms with Crippen LogP contribution < -0.4 is 10.6 Å². The molecule has 9 heteroatoms. The van der Waals surface area contributed by atoms with E-state index < -0.39 is 10.0 Å². The van der Waals surface area contributed by atoms with Crippen LogP contribution in [-0.4, -0.2) is 45.1 Å². The standard InChI is InChI=1S/C19H22BrN3O4S/c20-17-3-1-2-16(12-17)14-22-19(24)21-13-15-4-6-18(7-5-15)28(25,26)23-8-10-27-11-9-23/h1-7,12H,8-11,13-14H2,(H2,21,22,24). The van der Waals surface area contributed by atoms with Gasteiger partial charge in [0.25, 0.3) is 0 Å². The van der Waals surface area contributed by atoms with Crippen molar-refractivity contribution in [2.75, 3.05) is 26.3 Å². The fraction of sp³-hybridized carbons (Fsp3) is 0.316. The van der Waals surface area contributed by atoms with Crippen LogP contribution in [0.4, 0.5) is 4.79 Å². The number of amides is 2. The molecule has 0 atom stereocenters. The normalized spacial score (nSPS) is 15.2. The first-order chi connectivity index (χ1) is 13.4. The van der Waals surface area contributed by atoms with Crippen molar-refractivity contribution in [3.05, 3.63) is 64.1 Å². The van der Waals surface area contributed by atoms with E-state index in [-0.39, 0.29) is 10.9 Å². The van der Waals surface area contributed by atoms with Gasteiger partial charge < -0.3 is 15.4 Å². The number of sulfonamides is 1. The summed E-state index contributed by atoms with van der Waals surface area (Å²) in [6, 6.07) is 14.0. The summed E-state index contributed by atoms with van der Waals surface area (Å²) in [7, 11) is -3.50. The maximum Gasteiger partial charge on any atom is 0.315 e. The van der Waals surface area contributed by atoms with Crippen LogP contribution in [0.5, 0.6) is 0 Å². The number of rotatable bonds is 6. The van der Waals surface area contributed by atoms with Crippen LogP contribution in [0.15, 0.2) is 57.9 Å². The number of hydrogen-bond donors (Lipinski definition) is 2. The van der Waals surface area contributed by atoms with Crippen molar-refractivity contribution in [3.63, 3.8) is 0 Å². The van der Waals surface area contributed by atoms with Gasteiger partial charge in [-0.1, -0.05) is 40.2 Å². The van der Waals surface area contributed by atoms with Crippen molar-refractivity contribution in [3.8, 4) is 0 Å². The zero-order valence-corrected chi connectivity index (χ0v) is 17.6. The average Bonchev–Trinajstić information content (AvgIpc) is 2.72. The van der Waals surface area contributed by atoms with Gasteiger partial charge in [0, 0.05) is 30.7 Å². The van der Waals surface area contributed by atoms with Gasteiger partial charge in [0.2, 0.25) is 10.0 Å². The van der Waals surface area contributed by atoms with Crippen molar-refractivity contribution in [1.82, 2.24) is 14.9 Å². The highest BCUT2D eigenvalue weighted by Gasteiger charge is 2.26. The lowest BCUT2D eigenvalue weighted by Crippen LogP contribution is -2.40. The molecule has 0 aromatic heterocycles. The third-order valence-corrected chi connectivity index (χ3v) is 6.73. The summed E-state index contributed by atoms with van der Waals surface area (Å²) in [4.78, 5) is 12.2. The van der Waals surface area contributed by atoms with Crippen molar-refractivity contribution < 1.29 is 17.9 Å². The first-order valence-corrected chi connectivity index (χ1v) is 11.1. The van der Waals surface area contributed by atoms with E-state index in [9.17, 15) is 13.2 Å². The lowest BCUT2D eigenvalue weighted by atomic mass is 10.2. The molecule has 0 unspecified atom stereocenters. The number of morpholine rings is 1. The summed E-state index contributed by atoms with van der Waals surface area (Å²) in [6.07, 6.45) is 0. The molecule has 2 amide bonds. The molecular weight excluding hydrogens is 446 g/mol. The first kappa shape index (κ1) is 20.8. The second kappa shape index (κ2) is 9.51. The summed E-state index contributed by atoms with van der Waals surface area (Å²) in [5.41, 5.74) is 1.81. The second-order valence-corrected chi connectivity index (χ2v) is 9.18. The van der Waals surface area contributed by atoms with E-state index in [0.717, 1.165) is 15.6 Å². The van der Waals surface area contributed by atoms with E-state index >= 15 is 0 Å². The molecular formula is C19H22BrN3O4S. The third-order valence-electron chi connectivity index (χ3n) is 4.33. The Morgan fingerprint density at radius 3 is 2.29 bits per heavy atom. The van der Waals surface area contributed by atoms with E-state index in [1.54, 1.807) is 24.3 Å². The minimum absolute atomic E-state index is 0.247. The van der Waals surface area contributed by atoms with Gasteiger partial charge in [-0.25, -0.2) is 13.2 Å². The SMILES string of the molecule is O=C(NCc1ccc(S(=O)(=O)N2CCOCC2)cc1)NCc1cccc(Br)c1. The highest BCUT2D eigenvalue weighted by molar-refractivity contribution is 9.10. The molecule has 0 radical (unpaired) electrons. The predicted molar refractivity (Wildman–Crippen MR) is 109 cm³/mol. The predicted octanol–water partition coefficient (Wildman–Crippen LogP) is 2.47. The van der Waals surface area contributed by atoms with E-state index in [0.29, 0.717) is 39.4 Å². The van der Waals surface area contributed by atoms with Crippen LogP contribution in [0.3, 0.4) is 0 Å². The highest BCUT2D eigenvalue weighted by atomic mass is 79.9. The molecule has 1 aliphatic rings. The number of halogens is 1. The summed E-state index contributed by atoms with van der Waals surface area (Å²) < 4.78 is 32.8. The Kier molecular flexibility index (Phi) is 7.06. The molecule has 150 valence electrons. The second-order valence-electron chi connectivity index (χ2n) is 6.33. The van der Waals surface area contributed by atoms with Gasteiger partial charge in [0.15, 0.2) is 0 Å². The third kappa shape index (κ3) is 5.54. The molecule has 2 aromatic rings. The summed E-state index contributed by atoms with van der Waals surface area (Å²) in [6.45, 7) is 2.28. The Balaban J connectivity index is 1.50. The monoisotopic (exact) mass is 467 g/mol. The Morgan fingerprint density at radius 2 is 1.64 bits per heavy atom. The maximum absolute atomic E-state index is 12.6. The molecule has 1 heterocycles. The van der Waals surface area contributed by atoms with Crippen molar-refractivity contribution in [1.29, 1.82) is 0 Å². The van der Waals surface area contributed by atoms with Gasteiger partial charge in [-0.05, 0) is 35.4 Å². The number of benzene rings is 2. The van der Waals surface area contributed by atoms with Gasteiger partial charge in [-0.2, -0.15) is 4.31 Å². The van der Waals surface area contributed by atoms with Crippen LogP contribution in [0.2, 0.25) is 0 Å². The van der Waals surface area contributed by atoms with Gasteiger partial charge >= 0.3 is 6.03 Å². The molecule has 1 saturated heterocycles. The van der Waals surface area contributed by atoms with Crippen LogP contribution in [-0.2, 0) is 27.8 Å². The molecule has 0 bridgehead atoms. The highest BCUT2D eigenvalue weighted by Crippen LogP contribution is 2.17. The lowest BCUT2D eigenvalue weighted by molar-refractivity contribution is 0.0730. The largest absolute Gasteiger partial charge is 0.379 e. The number of nitrogens with zero attached hydrogens (tertiary/aromatic N) is 1. The topological polar surface area (TPSA) is 87.7 Å². The quantitative estimate of drug-likeness (QED) is 0.682. The Bertz CT molecular complexity index is 913. The van der Waals surface area contributed by atoms with E-state index in [4.69, 9.17) is 4.74 Å². The molecule has 1 fully saturated rings. The number of hydrogen-bond acceptors (Lipinski definition) is 4. The fourth-order valence-electron chi connectivity index (χ4n) is 2.79. The number of urea groups is 1. The molecule has 28 heavy (non-hydrogen) atoms. The van der Waals surface area contributed by atoms with Gasteiger partial charge in [-0.3, -0.25) is 0 Å². The zero-order chi connectivity index (χ0) is 20.0. The summed E-state index contributed by atoms with van der Waals surface area (Å²) >= 11 is 3.40. The molecule has 3 rings (SSSR count). The Hall–Kier alpha value is -1.94. The van der Waals surface area contributed by atoms with Gasteiger partial charge in [-0.15, -0.1) is 0 Å². The lowest BCUT2D eigenvalue weighted by Gasteiger charge is -2.26. The number of ether oxygens (including phenoxy) is 1. The molecule has 2 N–H and O–H groups in total. The summed E-state index contributed by atoms with van der Waals surface area (Å²) in [5.74, 6) is 0. The van der Waals surface area contributed by atoms with Crippen LogP contribution in [0, 0.1) is 0 Å². The minimum atomic E-state index is -3.50. The molecule has 7 nitrogen and oxygen atoms in total. The molecule has 0 aliphatic carbocycles. The van der Waals surface area contributed by atoms with Crippen LogP contribution in [0.25, 0.3) is 0 Å². The van der Waals surface area contributed by atoms with Gasteiger partial charge in [0.1, 0.15) is 0 Å². The first-order valence-electron chi connectivity index (χ1n) is 8.88. The van der Waals surface area contributed by atoms with Crippen molar-refractivity contribution in [2.45, 2.75) is 18.0 Å². The van der Waals surface area contributed by atoms with E-state index in [1.807, 2.05) is 24.3 Å². The summed E-state index contributed by atoms with van der Waals surface area (Å²) in [5, 5.41) is 5.56. The number of carbonyl (C=O) groups excluding carboxylic acids is 1. The molecule has 0 spiro atoms. The Labute approximate surface area is 173 Å². The van der Waals surface area contributed by atoms with Crippen LogP contribution in [0.1, 0.15) is 11.1 Å². The smallest absolute Gasteiger partial charge is 0.315 e. The molecule has 1 aliphatic heterocycles.